The van der Waals surface area contributed by atoms with Crippen LogP contribution in [0.4, 0.5) is 24.5 Å². The Morgan fingerprint density at radius 2 is 1.40 bits per heavy atom. The molecule has 2 heterocycles. The molecular weight excluding hydrogens is 1490 g/mol. The number of likely N-dealkylation sites (tertiary alicyclic amines) is 2. The highest BCUT2D eigenvalue weighted by Crippen LogP contribution is 2.52. The molecule has 0 radical (unpaired) electrons. The third-order valence-corrected chi connectivity index (χ3v) is 22.7. The van der Waals surface area contributed by atoms with Crippen molar-refractivity contribution in [2.45, 2.75) is 225 Å². The number of Topliss-reactive ketones (excluding diaryl/α,β-unsaturated/α-hetero) is 1. The lowest BCUT2D eigenvalue weighted by atomic mass is 9.89. The number of anilines is 1. The molecular formula is C79H122FN13O19S. The number of carbonyl (C=O) groups excluding carboxylic acids is 13. The van der Waals surface area contributed by atoms with Gasteiger partial charge in [-0.2, -0.15) is 0 Å². The molecule has 1 unspecified atom stereocenters. The van der Waals surface area contributed by atoms with Gasteiger partial charge in [-0.3, -0.25) is 62.5 Å². The molecule has 1 saturated carbocycles. The van der Waals surface area contributed by atoms with E-state index in [0.717, 1.165) is 25.0 Å². The van der Waals surface area contributed by atoms with Crippen molar-refractivity contribution in [3.05, 3.63) is 65.5 Å². The standard InChI is InChI=1S/C79H122FN13O19S/c1-17-48(8)67(91(14)75(105)65(46(4)5)88-73(103)66(47(6)7)89(11)12)58(109-15)39-61(95)93-42-55(38-57(93)69(110-16)49(9)70(100)84-50(10)68(99)52-26-28-53(80)29-27-52)112-78(108)90(13)37-35-83-77(107)111-43-51-24-30-54(31-25-51)85-71(101)56(22-21-34-82-76(81)106)86-72(102)64(45(2)3)87-60(94)23-19-18-20-36-92-62(96)40-59(74(92)104)113-44-79(32-33-79)41-63(97)98/h24-31,45-50,55-59,64-67,69H,17-23,32-44H2,1-16H3,(H,83,107)(H,84,100)(H,85,101)(H,86,102)(H,87,94)(H,88,103)(H,97,98)(H3,81,82,106)/t48-,49+,50-,55-,56-,57-,58+,59?,64-,65-,66-,67-,69+/m0/s1. The number of carboxylic acid groups (broad SMARTS) is 1. The number of nitrogens with two attached hydrogens (primary N) is 1. The Labute approximate surface area is 667 Å². The highest BCUT2D eigenvalue weighted by Gasteiger charge is 2.49. The summed E-state index contributed by atoms with van der Waals surface area (Å²) in [5.74, 6) is -7.50. The molecule has 2 aromatic carbocycles. The third kappa shape index (κ3) is 28.8. The fraction of sp³-hybridized carbons (Fsp3) is 0.671. The summed E-state index contributed by atoms with van der Waals surface area (Å²) in [6.07, 6.45) is -1.00. The summed E-state index contributed by atoms with van der Waals surface area (Å²) < 4.78 is 37.4. The van der Waals surface area contributed by atoms with Crippen molar-refractivity contribution in [1.29, 1.82) is 0 Å². The molecule has 2 aromatic rings. The Morgan fingerprint density at radius 3 is 1.97 bits per heavy atom. The molecule has 113 heavy (non-hydrogen) atoms. The summed E-state index contributed by atoms with van der Waals surface area (Å²) in [5, 5.41) is 27.8. The minimum absolute atomic E-state index is 0.0143. The molecule has 0 spiro atoms. The van der Waals surface area contributed by atoms with Crippen molar-refractivity contribution in [3.8, 4) is 0 Å². The first-order chi connectivity index (χ1) is 53.3. The van der Waals surface area contributed by atoms with Crippen LogP contribution < -0.4 is 43.0 Å². The van der Waals surface area contributed by atoms with Crippen LogP contribution in [0.2, 0.25) is 0 Å². The van der Waals surface area contributed by atoms with Crippen molar-refractivity contribution in [3.63, 3.8) is 0 Å². The first-order valence-electron chi connectivity index (χ1n) is 39.0. The number of alkyl carbamates (subject to hydrolysis) is 1. The molecule has 3 fully saturated rings. The molecule has 13 atom stereocenters. The fourth-order valence-corrected chi connectivity index (χ4v) is 15.7. The molecule has 2 saturated heterocycles. The number of methoxy groups -OCH3 is 2. The zero-order valence-electron chi connectivity index (χ0n) is 68.4. The number of rotatable bonds is 47. The SMILES string of the molecule is CC[C@H](C)[C@@H]([C@@H](CC(=O)N1C[C@@H](OC(=O)N(C)CCNC(=O)OCc2ccc(NC(=O)[C@H](CCCNC(N)=O)NC(=O)[C@@H](NC(=O)CCCCCN3C(=O)CC(SCC4(CC(=O)O)CC4)C3=O)C(C)C)cc2)C[C@H]1[C@H](OC)[C@@H](C)C(=O)N[C@@H](C)C(=O)c1ccc(F)cc1)OC)N(C)C(=O)[C@@H](NC(=O)[C@H](C(C)C)N(C)C)C(C)C. The number of thioether (sulfide) groups is 1. The number of halogens is 1. The summed E-state index contributed by atoms with van der Waals surface area (Å²) in [7, 11) is 9.46. The monoisotopic (exact) mass is 1610 g/mol. The maximum atomic E-state index is 15.1. The number of likely N-dealkylation sites (N-methyl/N-ethyl adjacent to an activating group) is 3. The van der Waals surface area contributed by atoms with Gasteiger partial charge in [0.05, 0.1) is 66.9 Å². The van der Waals surface area contributed by atoms with Crippen LogP contribution in [0, 0.1) is 40.8 Å². The molecule has 630 valence electrons. The summed E-state index contributed by atoms with van der Waals surface area (Å²) in [6, 6.07) is 4.08. The maximum absolute atomic E-state index is 15.1. The number of hydrogen-bond donors (Lipinski definition) is 9. The minimum Gasteiger partial charge on any atom is -0.481 e. The smallest absolute Gasteiger partial charge is 0.409 e. The lowest BCUT2D eigenvalue weighted by molar-refractivity contribution is -0.148. The van der Waals surface area contributed by atoms with Crippen LogP contribution >= 0.6 is 11.8 Å². The summed E-state index contributed by atoms with van der Waals surface area (Å²) in [4.78, 5) is 195. The normalized spacial score (nSPS) is 18.5. The van der Waals surface area contributed by atoms with E-state index in [1.807, 2.05) is 41.5 Å². The zero-order valence-corrected chi connectivity index (χ0v) is 69.2. The van der Waals surface area contributed by atoms with Crippen molar-refractivity contribution in [1.82, 2.24) is 56.4 Å². The lowest BCUT2D eigenvalue weighted by Crippen LogP contribution is -2.59. The van der Waals surface area contributed by atoms with Crippen molar-refractivity contribution < 1.29 is 95.6 Å². The fourth-order valence-electron chi connectivity index (χ4n) is 14.2. The number of aliphatic carboxylic acids is 1. The van der Waals surface area contributed by atoms with Crippen LogP contribution in [0.5, 0.6) is 0 Å². The number of ether oxygens (including phenoxy) is 4. The predicted octanol–water partition coefficient (Wildman–Crippen LogP) is 5.82. The average molecular weight is 1610 g/mol. The number of urea groups is 1. The number of primary amides is 1. The number of nitrogens with zero attached hydrogens (tertiary/aromatic N) is 5. The van der Waals surface area contributed by atoms with Crippen molar-refractivity contribution in [2.75, 3.05) is 86.2 Å². The first kappa shape index (κ1) is 94.6. The van der Waals surface area contributed by atoms with E-state index in [1.54, 1.807) is 71.1 Å². The molecule has 1 aliphatic carbocycles. The minimum atomic E-state index is -1.15. The number of carbonyl (C=O) groups is 14. The Morgan fingerprint density at radius 1 is 0.743 bits per heavy atom. The Hall–Kier alpha value is -9.02. The summed E-state index contributed by atoms with van der Waals surface area (Å²) >= 11 is 1.34. The van der Waals surface area contributed by atoms with Gasteiger partial charge in [0.2, 0.25) is 53.2 Å². The van der Waals surface area contributed by atoms with Gasteiger partial charge in [-0.1, -0.05) is 87.3 Å². The van der Waals surface area contributed by atoms with Gasteiger partial charge < -0.3 is 81.7 Å². The summed E-state index contributed by atoms with van der Waals surface area (Å²) in [6.45, 7) is 17.6. The third-order valence-electron chi connectivity index (χ3n) is 21.1. The number of amides is 13. The molecule has 0 bridgehead atoms. The number of unbranched alkanes of at least 4 members (excludes halogenated alkanes) is 2. The first-order valence-corrected chi connectivity index (χ1v) is 40.0. The van der Waals surface area contributed by atoms with Gasteiger partial charge in [0.1, 0.15) is 36.7 Å². The van der Waals surface area contributed by atoms with Gasteiger partial charge in [0, 0.05) is 90.8 Å². The largest absolute Gasteiger partial charge is 0.481 e. The molecule has 10 N–H and O–H groups in total. The van der Waals surface area contributed by atoms with E-state index in [9.17, 15) is 71.8 Å². The van der Waals surface area contributed by atoms with Crippen molar-refractivity contribution in [2.24, 2.45) is 40.7 Å². The van der Waals surface area contributed by atoms with Crippen LogP contribution in [0.3, 0.4) is 0 Å². The van der Waals surface area contributed by atoms with Crippen LogP contribution in [-0.4, -0.2) is 259 Å². The molecule has 3 aliphatic rings. The quantitative estimate of drug-likeness (QED) is 0.0214. The number of ketones is 1. The predicted molar refractivity (Wildman–Crippen MR) is 421 cm³/mol. The number of hydrogen-bond acceptors (Lipinski definition) is 20. The van der Waals surface area contributed by atoms with E-state index < -0.39 is 143 Å². The van der Waals surface area contributed by atoms with E-state index in [-0.39, 0.29) is 137 Å². The molecule has 0 aromatic heterocycles. The lowest BCUT2D eigenvalue weighted by Gasteiger charge is -2.41. The van der Waals surface area contributed by atoms with Crippen LogP contribution in [0.25, 0.3) is 0 Å². The van der Waals surface area contributed by atoms with E-state index in [2.05, 4.69) is 37.2 Å². The van der Waals surface area contributed by atoms with Gasteiger partial charge in [-0.15, -0.1) is 11.8 Å². The summed E-state index contributed by atoms with van der Waals surface area (Å²) in [5.41, 5.74) is 5.94. The highest BCUT2D eigenvalue weighted by molar-refractivity contribution is 8.00. The second-order valence-electron chi connectivity index (χ2n) is 31.3. The van der Waals surface area contributed by atoms with E-state index in [0.29, 0.717) is 42.7 Å². The number of imide groups is 1. The highest BCUT2D eigenvalue weighted by atomic mass is 32.2. The van der Waals surface area contributed by atoms with E-state index in [1.165, 1.54) is 71.7 Å². The molecule has 5 rings (SSSR count). The molecule has 34 heteroatoms. The van der Waals surface area contributed by atoms with Gasteiger partial charge in [-0.25, -0.2) is 18.8 Å². The Kier molecular flexibility index (Phi) is 37.8. The van der Waals surface area contributed by atoms with E-state index >= 15 is 4.79 Å². The average Bonchev–Trinajstić information content (AvgIpc) is 1.67. The van der Waals surface area contributed by atoms with Gasteiger partial charge in [-0.05, 0) is 131 Å². The van der Waals surface area contributed by atoms with Gasteiger partial charge in [0.25, 0.3) is 0 Å². The molecule has 32 nitrogen and oxygen atoms in total. The number of benzene rings is 2. The van der Waals surface area contributed by atoms with Crippen LogP contribution in [-0.2, 0) is 73.5 Å². The zero-order chi connectivity index (χ0) is 84.3. The maximum Gasteiger partial charge on any atom is 0.409 e. The van der Waals surface area contributed by atoms with Crippen LogP contribution in [0.15, 0.2) is 48.5 Å². The Bertz CT molecular complexity index is 3580. The van der Waals surface area contributed by atoms with Crippen molar-refractivity contribution >= 4 is 101 Å². The molecule has 2 aliphatic heterocycles. The molecule has 13 amide bonds. The Balaban J connectivity index is 1.17. The number of nitrogens with one attached hydrogen (secondary N) is 7. The topological polar surface area (TPSA) is 423 Å². The van der Waals surface area contributed by atoms with Gasteiger partial charge >= 0.3 is 24.2 Å². The second-order valence-corrected chi connectivity index (χ2v) is 32.5. The second kappa shape index (κ2) is 45.2. The van der Waals surface area contributed by atoms with E-state index in [4.69, 9.17) is 24.7 Å². The van der Waals surface area contributed by atoms with Crippen LogP contribution in [0.1, 0.15) is 169 Å². The number of carboxylic acids is 1. The van der Waals surface area contributed by atoms with Gasteiger partial charge in [0.15, 0.2) is 5.78 Å².